The second-order valence-electron chi connectivity index (χ2n) is 9.07. The van der Waals surface area contributed by atoms with E-state index in [0.717, 1.165) is 35.2 Å². The lowest BCUT2D eigenvalue weighted by Crippen LogP contribution is -2.27. The highest BCUT2D eigenvalue weighted by atomic mass is 32.2. The van der Waals surface area contributed by atoms with Crippen molar-refractivity contribution >= 4 is 9.84 Å². The Hall–Kier alpha value is -3.98. The Kier molecular flexibility index (Phi) is 7.97. The van der Waals surface area contributed by atoms with Crippen LogP contribution in [0.15, 0.2) is 81.4 Å². The fourth-order valence-corrected chi connectivity index (χ4v) is 5.80. The molecule has 1 atom stereocenters. The highest BCUT2D eigenvalue weighted by Gasteiger charge is 2.31. The number of pyridine rings is 1. The lowest BCUT2D eigenvalue weighted by molar-refractivity contribution is 0.368. The van der Waals surface area contributed by atoms with Crippen LogP contribution in [0.1, 0.15) is 49.8 Å². The van der Waals surface area contributed by atoms with Gasteiger partial charge in [0.15, 0.2) is 4.90 Å². The summed E-state index contributed by atoms with van der Waals surface area (Å²) in [6.45, 7) is 5.70. The molecule has 4 rings (SSSR count). The number of ether oxygens (including phenoxy) is 1. The van der Waals surface area contributed by atoms with Crippen LogP contribution in [0.5, 0.6) is 11.6 Å². The molecule has 0 radical (unpaired) electrons. The fourth-order valence-electron chi connectivity index (χ4n) is 4.45. The molecule has 0 saturated carbocycles. The minimum atomic E-state index is -4.38. The van der Waals surface area contributed by atoms with Crippen molar-refractivity contribution in [3.63, 3.8) is 0 Å². The Morgan fingerprint density at radius 1 is 1.05 bits per heavy atom. The van der Waals surface area contributed by atoms with Gasteiger partial charge in [-0.1, -0.05) is 43.7 Å². The first kappa shape index (κ1) is 27.1. The van der Waals surface area contributed by atoms with Crippen LogP contribution >= 0.6 is 0 Å². The first-order chi connectivity index (χ1) is 18.2. The number of aromatic nitrogens is 3. The summed E-state index contributed by atoms with van der Waals surface area (Å²) in [4.78, 5) is 20.7. The van der Waals surface area contributed by atoms with Gasteiger partial charge >= 0.3 is 0 Å². The Bertz CT molecular complexity index is 1600. The maximum Gasteiger partial charge on any atom is 0.296 e. The minimum Gasteiger partial charge on any atom is -0.497 e. The van der Waals surface area contributed by atoms with Gasteiger partial charge in [0, 0.05) is 23.9 Å². The number of aromatic hydroxyl groups is 1. The van der Waals surface area contributed by atoms with Crippen molar-refractivity contribution in [2.24, 2.45) is 0 Å². The van der Waals surface area contributed by atoms with E-state index in [4.69, 9.17) is 4.74 Å². The predicted octanol–water partition coefficient (Wildman–Crippen LogP) is 5.11. The maximum absolute atomic E-state index is 13.7. The van der Waals surface area contributed by atoms with E-state index in [1.807, 2.05) is 45.0 Å². The molecular weight excluding hydrogens is 502 g/mol. The van der Waals surface area contributed by atoms with Crippen LogP contribution in [0.4, 0.5) is 0 Å². The molecule has 9 heteroatoms. The van der Waals surface area contributed by atoms with Gasteiger partial charge in [0.1, 0.15) is 11.6 Å². The van der Waals surface area contributed by atoms with Crippen molar-refractivity contribution in [1.82, 2.24) is 14.5 Å². The van der Waals surface area contributed by atoms with Gasteiger partial charge in [-0.25, -0.2) is 8.42 Å². The summed E-state index contributed by atoms with van der Waals surface area (Å²) in [6, 6.07) is 16.6. The summed E-state index contributed by atoms with van der Waals surface area (Å²) < 4.78 is 34.0. The first-order valence-corrected chi connectivity index (χ1v) is 13.9. The summed E-state index contributed by atoms with van der Waals surface area (Å²) in [7, 11) is -2.81. The van der Waals surface area contributed by atoms with Gasteiger partial charge in [-0.05, 0) is 61.7 Å². The average molecular weight is 534 g/mol. The van der Waals surface area contributed by atoms with Crippen molar-refractivity contribution in [2.45, 2.75) is 55.9 Å². The van der Waals surface area contributed by atoms with Crippen LogP contribution in [-0.2, 0) is 16.3 Å². The largest absolute Gasteiger partial charge is 0.497 e. The lowest BCUT2D eigenvalue weighted by atomic mass is 10.1. The summed E-state index contributed by atoms with van der Waals surface area (Å²) >= 11 is 0. The number of methoxy groups -OCH3 is 1. The number of rotatable bonds is 9. The number of hydrogen-bond acceptors (Lipinski definition) is 7. The summed E-state index contributed by atoms with van der Waals surface area (Å²) in [5.41, 5.74) is 2.29. The van der Waals surface area contributed by atoms with Crippen molar-refractivity contribution < 1.29 is 18.3 Å². The van der Waals surface area contributed by atoms with E-state index in [9.17, 15) is 18.3 Å². The molecule has 0 aliphatic heterocycles. The van der Waals surface area contributed by atoms with E-state index in [2.05, 4.69) is 9.97 Å². The molecule has 2 heterocycles. The van der Waals surface area contributed by atoms with Crippen LogP contribution in [0.3, 0.4) is 0 Å². The zero-order valence-corrected chi connectivity index (χ0v) is 22.7. The highest BCUT2D eigenvalue weighted by Crippen LogP contribution is 2.33. The molecule has 0 bridgehead atoms. The van der Waals surface area contributed by atoms with Crippen molar-refractivity contribution in [1.29, 1.82) is 0 Å². The second-order valence-corrected chi connectivity index (χ2v) is 11.0. The highest BCUT2D eigenvalue weighted by molar-refractivity contribution is 7.91. The zero-order chi connectivity index (χ0) is 27.4. The fraction of sp³-hybridized carbons (Fsp3) is 0.276. The molecule has 0 aliphatic rings. The standard InChI is InChI=1S/C29H31N3O5S/c1-5-6-9-26-31-28(33)27(29(34)32(26)20(3)21-10-14-23(37-4)15-11-21)38(35,36)24-16-12-22(13-17-24)25-8-7-18-30-19(25)2/h7-8,10-18,20,34H,5-6,9H2,1-4H3. The SMILES string of the molecule is CCCCc1nc(=O)c(S(=O)(=O)c2ccc(-c3cccnc3C)cc2)c(O)n1C(C)c1ccc(OC)cc1. The molecule has 198 valence electrons. The Morgan fingerprint density at radius 2 is 1.74 bits per heavy atom. The van der Waals surface area contributed by atoms with Gasteiger partial charge in [-0.3, -0.25) is 14.3 Å². The van der Waals surface area contributed by atoms with Gasteiger partial charge in [0.05, 0.1) is 18.0 Å². The molecule has 38 heavy (non-hydrogen) atoms. The van der Waals surface area contributed by atoms with E-state index < -0.39 is 32.2 Å². The molecule has 0 saturated heterocycles. The Morgan fingerprint density at radius 3 is 2.34 bits per heavy atom. The van der Waals surface area contributed by atoms with Gasteiger partial charge in [0.25, 0.3) is 5.56 Å². The van der Waals surface area contributed by atoms with Crippen molar-refractivity contribution in [3.8, 4) is 22.8 Å². The summed E-state index contributed by atoms with van der Waals surface area (Å²) in [6.07, 6.45) is 3.67. The average Bonchev–Trinajstić information content (AvgIpc) is 2.91. The predicted molar refractivity (Wildman–Crippen MR) is 145 cm³/mol. The molecule has 8 nitrogen and oxygen atoms in total. The molecule has 1 unspecified atom stereocenters. The second kappa shape index (κ2) is 11.2. The van der Waals surface area contributed by atoms with E-state index in [1.54, 1.807) is 37.6 Å². The maximum atomic E-state index is 13.7. The van der Waals surface area contributed by atoms with E-state index in [-0.39, 0.29) is 4.90 Å². The van der Waals surface area contributed by atoms with Crippen LogP contribution in [0.25, 0.3) is 11.1 Å². The normalized spacial score (nSPS) is 12.3. The van der Waals surface area contributed by atoms with Crippen LogP contribution < -0.4 is 10.3 Å². The quantitative estimate of drug-likeness (QED) is 0.318. The third kappa shape index (κ3) is 5.19. The van der Waals surface area contributed by atoms with Crippen molar-refractivity contribution in [3.05, 3.63) is 94.3 Å². The van der Waals surface area contributed by atoms with Crippen LogP contribution in [-0.4, -0.2) is 35.2 Å². The third-order valence-electron chi connectivity index (χ3n) is 6.62. The van der Waals surface area contributed by atoms with E-state index in [0.29, 0.717) is 18.0 Å². The number of unbranched alkanes of at least 4 members (excludes halogenated alkanes) is 1. The van der Waals surface area contributed by atoms with E-state index >= 15 is 0 Å². The molecule has 0 amide bonds. The molecule has 2 aromatic heterocycles. The van der Waals surface area contributed by atoms with Gasteiger partial charge in [-0.15, -0.1) is 0 Å². The van der Waals surface area contributed by atoms with Gasteiger partial charge in [0.2, 0.25) is 15.7 Å². The Labute approximate surface area is 222 Å². The molecule has 0 aliphatic carbocycles. The zero-order valence-electron chi connectivity index (χ0n) is 21.9. The third-order valence-corrected chi connectivity index (χ3v) is 8.41. The molecule has 1 N–H and O–H groups in total. The van der Waals surface area contributed by atoms with Crippen LogP contribution in [0, 0.1) is 6.92 Å². The van der Waals surface area contributed by atoms with Gasteiger partial charge < -0.3 is 9.84 Å². The molecule has 0 spiro atoms. The van der Waals surface area contributed by atoms with Crippen molar-refractivity contribution in [2.75, 3.05) is 7.11 Å². The van der Waals surface area contributed by atoms with Gasteiger partial charge in [-0.2, -0.15) is 4.98 Å². The molecule has 2 aromatic carbocycles. The minimum absolute atomic E-state index is 0.109. The van der Waals surface area contributed by atoms with E-state index in [1.165, 1.54) is 16.7 Å². The molecule has 0 fully saturated rings. The number of benzene rings is 2. The first-order valence-electron chi connectivity index (χ1n) is 12.4. The summed E-state index contributed by atoms with van der Waals surface area (Å²) in [5.74, 6) is 0.383. The number of sulfone groups is 1. The lowest BCUT2D eigenvalue weighted by Gasteiger charge is -2.23. The summed E-state index contributed by atoms with van der Waals surface area (Å²) in [5, 5.41) is 11.4. The van der Waals surface area contributed by atoms with Crippen LogP contribution in [0.2, 0.25) is 0 Å². The topological polar surface area (TPSA) is 111 Å². The number of nitrogens with zero attached hydrogens (tertiary/aromatic N) is 3. The molecule has 4 aromatic rings. The Balaban J connectivity index is 1.83. The smallest absolute Gasteiger partial charge is 0.296 e. The monoisotopic (exact) mass is 533 g/mol. The number of hydrogen-bond donors (Lipinski definition) is 1. The number of aryl methyl sites for hydroxylation is 2. The molecular formula is C29H31N3O5S.